The molecule has 1 aliphatic carbocycles. The van der Waals surface area contributed by atoms with Crippen molar-refractivity contribution in [2.24, 2.45) is 5.73 Å². The smallest absolute Gasteiger partial charge is 0.0582 e. The van der Waals surface area contributed by atoms with Crippen LogP contribution in [0.5, 0.6) is 0 Å². The average Bonchev–Trinajstić information content (AvgIpc) is 2.02. The fourth-order valence-electron chi connectivity index (χ4n) is 1.78. The van der Waals surface area contributed by atoms with Crippen LogP contribution in [0.4, 0.5) is 0 Å². The van der Waals surface area contributed by atoms with Gasteiger partial charge >= 0.3 is 0 Å². The Morgan fingerprint density at radius 3 is 2.85 bits per heavy atom. The summed E-state index contributed by atoms with van der Waals surface area (Å²) in [5.74, 6) is 0. The molecule has 3 nitrogen and oxygen atoms in total. The number of aromatic nitrogens is 1. The lowest BCUT2D eigenvalue weighted by molar-refractivity contribution is 0.0205. The molecule has 0 bridgehead atoms. The first-order valence-corrected chi connectivity index (χ1v) is 4.98. The van der Waals surface area contributed by atoms with Crippen LogP contribution in [0.15, 0.2) is 22.9 Å². The maximum absolute atomic E-state index is 9.22. The van der Waals surface area contributed by atoms with E-state index in [-0.39, 0.29) is 11.6 Å². The number of halogens is 1. The molecule has 0 aliphatic heterocycles. The van der Waals surface area contributed by atoms with Crippen LogP contribution in [0, 0.1) is 0 Å². The van der Waals surface area contributed by atoms with Crippen molar-refractivity contribution in [3.8, 4) is 0 Å². The Hall–Kier alpha value is -0.450. The van der Waals surface area contributed by atoms with Gasteiger partial charge < -0.3 is 10.8 Å². The van der Waals surface area contributed by atoms with Crippen LogP contribution in [-0.4, -0.2) is 16.2 Å². The molecule has 1 heterocycles. The highest BCUT2D eigenvalue weighted by atomic mass is 79.9. The van der Waals surface area contributed by atoms with Crippen molar-refractivity contribution in [2.45, 2.75) is 24.5 Å². The lowest BCUT2D eigenvalue weighted by Crippen LogP contribution is -2.51. The minimum Gasteiger partial charge on any atom is -0.393 e. The normalized spacial score (nSPS) is 32.7. The Balaban J connectivity index is 2.31. The molecule has 0 saturated heterocycles. The van der Waals surface area contributed by atoms with Crippen molar-refractivity contribution in [3.05, 3.63) is 28.5 Å². The summed E-state index contributed by atoms with van der Waals surface area (Å²) in [7, 11) is 0. The Labute approximate surface area is 85.1 Å². The van der Waals surface area contributed by atoms with E-state index in [9.17, 15) is 5.11 Å². The van der Waals surface area contributed by atoms with Gasteiger partial charge in [0.1, 0.15) is 0 Å². The van der Waals surface area contributed by atoms with E-state index in [1.165, 1.54) is 0 Å². The lowest BCUT2D eigenvalue weighted by atomic mass is 9.71. The summed E-state index contributed by atoms with van der Waals surface area (Å²) in [6, 6.07) is 1.90. The second-order valence-corrected chi connectivity index (χ2v) is 4.43. The summed E-state index contributed by atoms with van der Waals surface area (Å²) in [5, 5.41) is 9.22. The molecule has 1 saturated carbocycles. The maximum atomic E-state index is 9.22. The van der Waals surface area contributed by atoms with Crippen LogP contribution in [0.3, 0.4) is 0 Å². The van der Waals surface area contributed by atoms with Gasteiger partial charge in [-0.15, -0.1) is 0 Å². The van der Waals surface area contributed by atoms with Gasteiger partial charge in [-0.1, -0.05) is 0 Å². The van der Waals surface area contributed by atoms with Crippen molar-refractivity contribution in [3.63, 3.8) is 0 Å². The number of aliphatic hydroxyl groups excluding tert-OH is 1. The zero-order chi connectivity index (χ0) is 9.47. The molecule has 0 radical (unpaired) electrons. The van der Waals surface area contributed by atoms with Crippen molar-refractivity contribution in [2.75, 3.05) is 0 Å². The van der Waals surface area contributed by atoms with E-state index < -0.39 is 0 Å². The Morgan fingerprint density at radius 2 is 2.31 bits per heavy atom. The Bertz CT molecular complexity index is 323. The Kier molecular flexibility index (Phi) is 2.14. The third-order valence-corrected chi connectivity index (χ3v) is 3.14. The second-order valence-electron chi connectivity index (χ2n) is 3.57. The highest BCUT2D eigenvalue weighted by molar-refractivity contribution is 9.10. The molecule has 1 fully saturated rings. The van der Waals surface area contributed by atoms with Crippen molar-refractivity contribution >= 4 is 15.9 Å². The van der Waals surface area contributed by atoms with Gasteiger partial charge in [-0.3, -0.25) is 4.98 Å². The summed E-state index contributed by atoms with van der Waals surface area (Å²) in [6.45, 7) is 0. The molecule has 1 aromatic heterocycles. The SMILES string of the molecule is NC1(c2ccncc2Br)CC(O)C1. The number of rotatable bonds is 1. The standard InChI is InChI=1S/C9H11BrN2O/c10-8-5-12-2-1-7(8)9(11)3-6(13)4-9/h1-2,5-6,13H,3-4,11H2. The van der Waals surface area contributed by atoms with Crippen LogP contribution in [0.25, 0.3) is 0 Å². The molecule has 0 amide bonds. The number of hydrogen-bond donors (Lipinski definition) is 2. The van der Waals surface area contributed by atoms with Crippen LogP contribution in [-0.2, 0) is 5.54 Å². The maximum Gasteiger partial charge on any atom is 0.0582 e. The van der Waals surface area contributed by atoms with E-state index in [0.717, 1.165) is 10.0 Å². The molecule has 0 aromatic carbocycles. The fourth-order valence-corrected chi connectivity index (χ4v) is 2.43. The van der Waals surface area contributed by atoms with E-state index in [1.54, 1.807) is 12.4 Å². The van der Waals surface area contributed by atoms with Gasteiger partial charge in [-0.05, 0) is 40.4 Å². The monoisotopic (exact) mass is 242 g/mol. The molecule has 1 aromatic rings. The van der Waals surface area contributed by atoms with E-state index in [0.29, 0.717) is 12.8 Å². The lowest BCUT2D eigenvalue weighted by Gasteiger charge is -2.43. The number of nitrogens with two attached hydrogens (primary N) is 1. The minimum absolute atomic E-state index is 0.245. The second kappa shape index (κ2) is 3.04. The molecule has 70 valence electrons. The first-order valence-electron chi connectivity index (χ1n) is 4.19. The number of pyridine rings is 1. The number of nitrogens with zero attached hydrogens (tertiary/aromatic N) is 1. The van der Waals surface area contributed by atoms with Crippen LogP contribution < -0.4 is 5.73 Å². The summed E-state index contributed by atoms with van der Waals surface area (Å²) >= 11 is 3.40. The molecule has 4 heteroatoms. The zero-order valence-corrected chi connectivity index (χ0v) is 8.66. The van der Waals surface area contributed by atoms with E-state index in [1.807, 2.05) is 6.07 Å². The van der Waals surface area contributed by atoms with Crippen LogP contribution >= 0.6 is 15.9 Å². The summed E-state index contributed by atoms with van der Waals surface area (Å²) in [6.07, 6.45) is 4.48. The van der Waals surface area contributed by atoms with Gasteiger partial charge in [0.2, 0.25) is 0 Å². The first-order chi connectivity index (χ1) is 6.12. The van der Waals surface area contributed by atoms with E-state index in [2.05, 4.69) is 20.9 Å². The van der Waals surface area contributed by atoms with Crippen molar-refractivity contribution < 1.29 is 5.11 Å². The number of aliphatic hydroxyl groups is 1. The quantitative estimate of drug-likeness (QED) is 0.777. The predicted octanol–water partition coefficient (Wildman–Crippen LogP) is 1.15. The minimum atomic E-state index is -0.360. The third kappa shape index (κ3) is 1.49. The van der Waals surface area contributed by atoms with Gasteiger partial charge in [-0.25, -0.2) is 0 Å². The summed E-state index contributed by atoms with van der Waals surface area (Å²) in [5.41, 5.74) is 6.77. The molecule has 1 aliphatic rings. The highest BCUT2D eigenvalue weighted by Gasteiger charge is 2.42. The van der Waals surface area contributed by atoms with Crippen molar-refractivity contribution in [1.29, 1.82) is 0 Å². The third-order valence-electron chi connectivity index (χ3n) is 2.51. The highest BCUT2D eigenvalue weighted by Crippen LogP contribution is 2.41. The van der Waals surface area contributed by atoms with Crippen LogP contribution in [0.2, 0.25) is 0 Å². The summed E-state index contributed by atoms with van der Waals surface area (Å²) in [4.78, 5) is 3.97. The number of hydrogen-bond acceptors (Lipinski definition) is 3. The van der Waals surface area contributed by atoms with E-state index in [4.69, 9.17) is 5.73 Å². The summed E-state index contributed by atoms with van der Waals surface area (Å²) < 4.78 is 0.921. The van der Waals surface area contributed by atoms with Crippen molar-refractivity contribution in [1.82, 2.24) is 4.98 Å². The topological polar surface area (TPSA) is 59.1 Å². The molecule has 2 rings (SSSR count). The largest absolute Gasteiger partial charge is 0.393 e. The van der Waals surface area contributed by atoms with Gasteiger partial charge in [0.05, 0.1) is 6.10 Å². The van der Waals surface area contributed by atoms with Gasteiger partial charge in [-0.2, -0.15) is 0 Å². The average molecular weight is 243 g/mol. The predicted molar refractivity (Wildman–Crippen MR) is 53.0 cm³/mol. The first kappa shape index (κ1) is 9.12. The van der Waals surface area contributed by atoms with Gasteiger partial charge in [0.15, 0.2) is 0 Å². The molecule has 0 unspecified atom stereocenters. The molecular formula is C9H11BrN2O. The Morgan fingerprint density at radius 1 is 1.62 bits per heavy atom. The molecule has 3 N–H and O–H groups in total. The molecular weight excluding hydrogens is 232 g/mol. The fraction of sp³-hybridized carbons (Fsp3) is 0.444. The van der Waals surface area contributed by atoms with E-state index >= 15 is 0 Å². The zero-order valence-electron chi connectivity index (χ0n) is 7.07. The molecule has 13 heavy (non-hydrogen) atoms. The van der Waals surface area contributed by atoms with Gasteiger partial charge in [0.25, 0.3) is 0 Å². The van der Waals surface area contributed by atoms with Crippen LogP contribution in [0.1, 0.15) is 18.4 Å². The molecule has 0 spiro atoms. The van der Waals surface area contributed by atoms with Gasteiger partial charge in [0, 0.05) is 22.4 Å². The molecule has 0 atom stereocenters.